The molecule has 0 spiro atoms. The van der Waals surface area contributed by atoms with Gasteiger partial charge in [0, 0.05) is 0 Å². The average molecular weight is 527 g/mol. The predicted molar refractivity (Wildman–Crippen MR) is 173 cm³/mol. The largest absolute Gasteiger partial charge is 0.0836 e. The molecule has 0 nitrogen and oxygen atoms in total. The van der Waals surface area contributed by atoms with E-state index in [-0.39, 0.29) is 0 Å². The summed E-state index contributed by atoms with van der Waals surface area (Å²) >= 11 is 0. The van der Waals surface area contributed by atoms with Crippen molar-refractivity contribution in [2.24, 2.45) is 0 Å². The van der Waals surface area contributed by atoms with Crippen LogP contribution in [0.3, 0.4) is 0 Å². The monoisotopic (exact) mass is 526 g/mol. The Kier molecular flexibility index (Phi) is 10.9. The third-order valence-corrected chi connectivity index (χ3v) is 8.71. The van der Waals surface area contributed by atoms with Gasteiger partial charge in [-0.1, -0.05) is 116 Å². The molecule has 0 heteroatoms. The first kappa shape index (κ1) is 28.2. The molecule has 206 valence electrons. The fourth-order valence-corrected chi connectivity index (χ4v) is 6.42. The number of hydrogen-bond donors (Lipinski definition) is 0. The highest BCUT2D eigenvalue weighted by atomic mass is 14.1. The molecule has 0 amide bonds. The Morgan fingerprint density at radius 1 is 0.300 bits per heavy atom. The van der Waals surface area contributed by atoms with Crippen molar-refractivity contribution in [3.63, 3.8) is 0 Å². The zero-order valence-electron chi connectivity index (χ0n) is 24.3. The van der Waals surface area contributed by atoms with E-state index in [0.717, 1.165) is 0 Å². The van der Waals surface area contributed by atoms with Gasteiger partial charge in [0.05, 0.1) is 0 Å². The van der Waals surface area contributed by atoms with Crippen molar-refractivity contribution in [3.8, 4) is 0 Å². The van der Waals surface area contributed by atoms with Crippen molar-refractivity contribution >= 4 is 6.08 Å². The Balaban J connectivity index is 0.000000108. The lowest BCUT2D eigenvalue weighted by Crippen LogP contribution is -2.00. The average Bonchev–Trinajstić information content (AvgIpc) is 3.39. The summed E-state index contributed by atoms with van der Waals surface area (Å²) in [5.74, 6) is 0. The van der Waals surface area contributed by atoms with Crippen molar-refractivity contribution < 1.29 is 0 Å². The second kappa shape index (κ2) is 15.4. The highest BCUT2D eigenvalue weighted by Crippen LogP contribution is 2.22. The first-order valence-electron chi connectivity index (χ1n) is 15.8. The highest BCUT2D eigenvalue weighted by molar-refractivity contribution is 5.55. The second-order valence-corrected chi connectivity index (χ2v) is 11.6. The lowest BCUT2D eigenvalue weighted by atomic mass is 9.92. The number of fused-ring (bicyclic) bond motifs is 4. The zero-order chi connectivity index (χ0) is 27.2. The van der Waals surface area contributed by atoms with Crippen molar-refractivity contribution in [2.45, 2.75) is 89.9 Å². The van der Waals surface area contributed by atoms with Gasteiger partial charge < -0.3 is 0 Å². The van der Waals surface area contributed by atoms with Crippen LogP contribution in [0.4, 0.5) is 0 Å². The summed E-state index contributed by atoms with van der Waals surface area (Å²) in [6.07, 6.45) is 23.0. The predicted octanol–water partition coefficient (Wildman–Crippen LogP) is 10.3. The lowest BCUT2D eigenvalue weighted by Gasteiger charge is -2.13. The molecular formula is C40H46. The van der Waals surface area contributed by atoms with Gasteiger partial charge in [-0.05, 0) is 128 Å². The van der Waals surface area contributed by atoms with Crippen molar-refractivity contribution in [1.29, 1.82) is 0 Å². The number of aryl methyl sites for hydroxylation is 7. The number of allylic oxidation sites excluding steroid dienone is 1. The Morgan fingerprint density at radius 3 is 1.07 bits per heavy atom. The maximum absolute atomic E-state index is 2.28. The molecule has 0 unspecified atom stereocenters. The topological polar surface area (TPSA) is 0 Å². The van der Waals surface area contributed by atoms with Gasteiger partial charge in [0.1, 0.15) is 0 Å². The number of benzene rings is 4. The van der Waals surface area contributed by atoms with Gasteiger partial charge >= 0.3 is 0 Å². The first-order chi connectivity index (χ1) is 19.9. The van der Waals surface area contributed by atoms with E-state index in [2.05, 4.69) is 109 Å². The fourth-order valence-electron chi connectivity index (χ4n) is 6.42. The van der Waals surface area contributed by atoms with E-state index < -0.39 is 0 Å². The molecule has 0 aliphatic heterocycles. The Bertz CT molecular complexity index is 1280. The minimum atomic E-state index is 1.21. The minimum Gasteiger partial charge on any atom is -0.0836 e. The van der Waals surface area contributed by atoms with Crippen LogP contribution in [0.1, 0.15) is 89.5 Å². The SMILES string of the molecule is C1=Cc2ccccc2CC1.c1ccc2c(c1)CCC2.c1ccc2c(c1)CCCC2.c1ccc2c(c1)CCCCC2. The van der Waals surface area contributed by atoms with E-state index in [1.165, 1.54) is 101 Å². The highest BCUT2D eigenvalue weighted by Gasteiger charge is 2.08. The molecule has 0 heterocycles. The molecule has 4 aromatic carbocycles. The van der Waals surface area contributed by atoms with Crippen LogP contribution in [0.5, 0.6) is 0 Å². The molecule has 4 aliphatic carbocycles. The molecule has 0 saturated carbocycles. The third kappa shape index (κ3) is 8.31. The van der Waals surface area contributed by atoms with Gasteiger partial charge in [-0.3, -0.25) is 0 Å². The molecule has 4 aromatic rings. The van der Waals surface area contributed by atoms with Crippen LogP contribution >= 0.6 is 0 Å². The molecule has 4 aliphatic rings. The molecule has 0 aromatic heterocycles. The van der Waals surface area contributed by atoms with Crippen LogP contribution in [-0.2, 0) is 44.9 Å². The van der Waals surface area contributed by atoms with Crippen LogP contribution < -0.4 is 0 Å². The fraction of sp³-hybridized carbons (Fsp3) is 0.350. The summed E-state index contributed by atoms with van der Waals surface area (Å²) < 4.78 is 0. The van der Waals surface area contributed by atoms with E-state index in [0.29, 0.717) is 0 Å². The Labute approximate surface area is 243 Å². The van der Waals surface area contributed by atoms with E-state index >= 15 is 0 Å². The summed E-state index contributed by atoms with van der Waals surface area (Å²) in [6.45, 7) is 0. The smallest absolute Gasteiger partial charge is 0.0228 e. The summed E-state index contributed by atoms with van der Waals surface area (Å²) in [7, 11) is 0. The van der Waals surface area contributed by atoms with Crippen molar-refractivity contribution in [2.75, 3.05) is 0 Å². The molecule has 8 rings (SSSR count). The van der Waals surface area contributed by atoms with Gasteiger partial charge in [0.15, 0.2) is 0 Å². The Hall–Kier alpha value is -3.38. The lowest BCUT2D eigenvalue weighted by molar-refractivity contribution is 0.685. The summed E-state index contributed by atoms with van der Waals surface area (Å²) in [4.78, 5) is 0. The van der Waals surface area contributed by atoms with E-state index in [4.69, 9.17) is 0 Å². The zero-order valence-corrected chi connectivity index (χ0v) is 24.3. The second-order valence-electron chi connectivity index (χ2n) is 11.6. The normalized spacial score (nSPS) is 16.0. The van der Waals surface area contributed by atoms with Crippen LogP contribution in [0.25, 0.3) is 6.08 Å². The molecular weight excluding hydrogens is 480 g/mol. The van der Waals surface area contributed by atoms with E-state index in [1.807, 2.05) is 0 Å². The quantitative estimate of drug-likeness (QED) is 0.200. The molecule has 40 heavy (non-hydrogen) atoms. The maximum atomic E-state index is 2.28. The van der Waals surface area contributed by atoms with Gasteiger partial charge in [-0.25, -0.2) is 0 Å². The van der Waals surface area contributed by atoms with Crippen LogP contribution in [0, 0.1) is 0 Å². The summed E-state index contributed by atoms with van der Waals surface area (Å²) in [6, 6.07) is 35.0. The van der Waals surface area contributed by atoms with Gasteiger partial charge in [0.25, 0.3) is 0 Å². The summed E-state index contributed by atoms with van der Waals surface area (Å²) in [5, 5.41) is 0. The molecule has 0 radical (unpaired) electrons. The molecule has 0 bridgehead atoms. The van der Waals surface area contributed by atoms with Crippen LogP contribution in [-0.4, -0.2) is 0 Å². The van der Waals surface area contributed by atoms with E-state index in [9.17, 15) is 0 Å². The minimum absolute atomic E-state index is 1.21. The van der Waals surface area contributed by atoms with Crippen molar-refractivity contribution in [1.82, 2.24) is 0 Å². The summed E-state index contributed by atoms with van der Waals surface area (Å²) in [5.41, 5.74) is 12.4. The molecule has 0 N–H and O–H groups in total. The van der Waals surface area contributed by atoms with Gasteiger partial charge in [-0.15, -0.1) is 0 Å². The first-order valence-corrected chi connectivity index (χ1v) is 15.8. The van der Waals surface area contributed by atoms with Crippen LogP contribution in [0.2, 0.25) is 0 Å². The maximum Gasteiger partial charge on any atom is -0.0228 e. The van der Waals surface area contributed by atoms with Crippen LogP contribution in [0.15, 0.2) is 103 Å². The van der Waals surface area contributed by atoms with Gasteiger partial charge in [-0.2, -0.15) is 0 Å². The van der Waals surface area contributed by atoms with E-state index in [1.54, 1.807) is 33.4 Å². The third-order valence-electron chi connectivity index (χ3n) is 8.71. The standard InChI is InChI=1S/C11H14.C10H12.C10H10.C9H10/c1-2-6-10-8-4-5-9-11(10)7-3-1;2*1-2-6-10-8-4-3-7-9(10)5-1;1-2-5-9-7-3-6-8(9)4-1/h4-5,8-9H,1-3,6-7H2;1-2,5-6H,3-4,7-8H2;1-3,5-7H,4,8H2;1-2,4-5H,3,6-7H2. The van der Waals surface area contributed by atoms with Gasteiger partial charge in [0.2, 0.25) is 0 Å². The molecule has 0 fully saturated rings. The van der Waals surface area contributed by atoms with Crippen molar-refractivity contribution in [3.05, 3.63) is 148 Å². The molecule has 0 atom stereocenters. The Morgan fingerprint density at radius 2 is 0.650 bits per heavy atom. The molecule has 0 saturated heterocycles. The number of rotatable bonds is 0. The number of hydrogen-bond acceptors (Lipinski definition) is 0.